The van der Waals surface area contributed by atoms with Crippen molar-refractivity contribution in [2.75, 3.05) is 11.9 Å². The molecule has 1 N–H and O–H groups in total. The predicted octanol–water partition coefficient (Wildman–Crippen LogP) is 2.15. The fourth-order valence-corrected chi connectivity index (χ4v) is 2.52. The molecule has 0 unspecified atom stereocenters. The second-order valence-electron chi connectivity index (χ2n) is 5.65. The third-order valence-corrected chi connectivity index (χ3v) is 4.14. The van der Waals surface area contributed by atoms with E-state index < -0.39 is 11.9 Å². The number of hydrogen-bond donors (Lipinski definition) is 1. The van der Waals surface area contributed by atoms with Gasteiger partial charge in [-0.1, -0.05) is 11.6 Å². The molecule has 0 aliphatic carbocycles. The molecule has 3 heterocycles. The third kappa shape index (κ3) is 3.14. The Bertz CT molecular complexity index is 756. The zero-order valence-corrected chi connectivity index (χ0v) is 14.0. The number of halogens is 2. The van der Waals surface area contributed by atoms with Gasteiger partial charge in [0.15, 0.2) is 17.5 Å². The standard InChI is InChI=1S/C15H16ClFN6O/c1-8-3-4-23(8)15(24)9(2)22-13-11(17)12(20-7-21-13)14-18-5-10(16)6-19-14/h5-9H,3-4H2,1-2H3,(H,20,21,22)/t8-,9+/m0/s1. The molecule has 1 aliphatic rings. The van der Waals surface area contributed by atoms with Crippen LogP contribution in [-0.4, -0.2) is 49.4 Å². The second-order valence-corrected chi connectivity index (χ2v) is 6.08. The molecule has 24 heavy (non-hydrogen) atoms. The molecule has 1 saturated heterocycles. The number of likely N-dealkylation sites (tertiary alicyclic amines) is 1. The van der Waals surface area contributed by atoms with Crippen LogP contribution in [-0.2, 0) is 4.79 Å². The first-order chi connectivity index (χ1) is 11.5. The highest BCUT2D eigenvalue weighted by molar-refractivity contribution is 6.30. The Labute approximate surface area is 143 Å². The Balaban J connectivity index is 1.80. The van der Waals surface area contributed by atoms with E-state index in [4.69, 9.17) is 11.6 Å². The van der Waals surface area contributed by atoms with Gasteiger partial charge >= 0.3 is 0 Å². The number of anilines is 1. The summed E-state index contributed by atoms with van der Waals surface area (Å²) in [5.41, 5.74) is -0.0545. The zero-order valence-electron chi connectivity index (χ0n) is 13.2. The quantitative estimate of drug-likeness (QED) is 0.909. The van der Waals surface area contributed by atoms with E-state index in [9.17, 15) is 9.18 Å². The number of carbonyl (C=O) groups is 1. The van der Waals surface area contributed by atoms with E-state index in [0.717, 1.165) is 13.0 Å². The van der Waals surface area contributed by atoms with Gasteiger partial charge < -0.3 is 10.2 Å². The first-order valence-electron chi connectivity index (χ1n) is 7.52. The Morgan fingerprint density at radius 1 is 1.38 bits per heavy atom. The van der Waals surface area contributed by atoms with E-state index in [1.54, 1.807) is 11.8 Å². The van der Waals surface area contributed by atoms with Crippen molar-refractivity contribution in [1.82, 2.24) is 24.8 Å². The van der Waals surface area contributed by atoms with Crippen molar-refractivity contribution >= 4 is 23.3 Å². The maximum Gasteiger partial charge on any atom is 0.245 e. The molecule has 7 nitrogen and oxygen atoms in total. The smallest absolute Gasteiger partial charge is 0.245 e. The van der Waals surface area contributed by atoms with E-state index in [0.29, 0.717) is 5.02 Å². The third-order valence-electron chi connectivity index (χ3n) is 3.95. The average molecular weight is 351 g/mol. The number of rotatable bonds is 4. The van der Waals surface area contributed by atoms with Crippen molar-refractivity contribution in [3.8, 4) is 11.5 Å². The molecule has 0 saturated carbocycles. The largest absolute Gasteiger partial charge is 0.356 e. The number of amides is 1. The maximum absolute atomic E-state index is 14.6. The highest BCUT2D eigenvalue weighted by Gasteiger charge is 2.31. The van der Waals surface area contributed by atoms with Crippen LogP contribution in [0.15, 0.2) is 18.7 Å². The summed E-state index contributed by atoms with van der Waals surface area (Å²) in [6.07, 6.45) is 4.90. The van der Waals surface area contributed by atoms with Crippen LogP contribution in [0.4, 0.5) is 10.2 Å². The summed E-state index contributed by atoms with van der Waals surface area (Å²) in [6, 6.07) is -0.383. The molecule has 2 aromatic rings. The van der Waals surface area contributed by atoms with Gasteiger partial charge in [-0.05, 0) is 20.3 Å². The van der Waals surface area contributed by atoms with E-state index in [-0.39, 0.29) is 29.3 Å². The van der Waals surface area contributed by atoms with Crippen molar-refractivity contribution < 1.29 is 9.18 Å². The number of carbonyl (C=O) groups excluding carboxylic acids is 1. The summed E-state index contributed by atoms with van der Waals surface area (Å²) in [6.45, 7) is 4.38. The molecule has 0 spiro atoms. The molecule has 9 heteroatoms. The molecular formula is C15H16ClFN6O. The normalized spacial score (nSPS) is 18.0. The number of nitrogens with zero attached hydrogens (tertiary/aromatic N) is 5. The molecule has 1 amide bonds. The van der Waals surface area contributed by atoms with Crippen molar-refractivity contribution in [3.63, 3.8) is 0 Å². The summed E-state index contributed by atoms with van der Waals surface area (Å²) < 4.78 is 14.6. The van der Waals surface area contributed by atoms with Gasteiger partial charge in [0.1, 0.15) is 18.1 Å². The molecule has 2 atom stereocenters. The fourth-order valence-electron chi connectivity index (χ4n) is 2.42. The minimum Gasteiger partial charge on any atom is -0.356 e. The van der Waals surface area contributed by atoms with Crippen molar-refractivity contribution in [3.05, 3.63) is 29.6 Å². The lowest BCUT2D eigenvalue weighted by molar-refractivity contribution is -0.138. The first-order valence-corrected chi connectivity index (χ1v) is 7.90. The monoisotopic (exact) mass is 350 g/mol. The van der Waals surface area contributed by atoms with Gasteiger partial charge in [0.2, 0.25) is 5.91 Å². The van der Waals surface area contributed by atoms with Crippen LogP contribution < -0.4 is 5.32 Å². The molecule has 2 aromatic heterocycles. The second kappa shape index (κ2) is 6.64. The number of nitrogens with one attached hydrogen (secondary N) is 1. The molecule has 126 valence electrons. The summed E-state index contributed by atoms with van der Waals surface area (Å²) in [5.74, 6) is -0.766. The van der Waals surface area contributed by atoms with Crippen molar-refractivity contribution in [1.29, 1.82) is 0 Å². The maximum atomic E-state index is 14.6. The van der Waals surface area contributed by atoms with Crippen LogP contribution in [0.3, 0.4) is 0 Å². The van der Waals surface area contributed by atoms with E-state index in [1.165, 1.54) is 18.7 Å². The number of hydrogen-bond acceptors (Lipinski definition) is 6. The molecule has 3 rings (SSSR count). The van der Waals surface area contributed by atoms with E-state index in [2.05, 4.69) is 25.3 Å². The van der Waals surface area contributed by atoms with Gasteiger partial charge in [-0.3, -0.25) is 4.79 Å². The van der Waals surface area contributed by atoms with Crippen LogP contribution in [0.25, 0.3) is 11.5 Å². The molecule has 0 bridgehead atoms. The molecular weight excluding hydrogens is 335 g/mol. The van der Waals surface area contributed by atoms with Crippen LogP contribution in [0.2, 0.25) is 5.02 Å². The highest BCUT2D eigenvalue weighted by atomic mass is 35.5. The lowest BCUT2D eigenvalue weighted by Gasteiger charge is -2.40. The fraction of sp³-hybridized carbons (Fsp3) is 0.400. The molecule has 0 aromatic carbocycles. The van der Waals surface area contributed by atoms with Gasteiger partial charge in [0, 0.05) is 25.0 Å². The zero-order chi connectivity index (χ0) is 17.3. The van der Waals surface area contributed by atoms with Gasteiger partial charge in [0.25, 0.3) is 0 Å². The number of aromatic nitrogens is 4. The van der Waals surface area contributed by atoms with Crippen LogP contribution in [0.5, 0.6) is 0 Å². The lowest BCUT2D eigenvalue weighted by atomic mass is 10.0. The Kier molecular flexibility index (Phi) is 4.57. The molecule has 0 radical (unpaired) electrons. The predicted molar refractivity (Wildman–Crippen MR) is 86.9 cm³/mol. The average Bonchev–Trinajstić information content (AvgIpc) is 2.56. The van der Waals surface area contributed by atoms with Crippen molar-refractivity contribution in [2.24, 2.45) is 0 Å². The van der Waals surface area contributed by atoms with Gasteiger partial charge in [-0.2, -0.15) is 0 Å². The summed E-state index contributed by atoms with van der Waals surface area (Å²) in [7, 11) is 0. The minimum absolute atomic E-state index is 0.0545. The van der Waals surface area contributed by atoms with E-state index >= 15 is 0 Å². The summed E-state index contributed by atoms with van der Waals surface area (Å²) >= 11 is 5.73. The van der Waals surface area contributed by atoms with Crippen molar-refractivity contribution in [2.45, 2.75) is 32.4 Å². The SMILES string of the molecule is C[C@@H](Nc1ncnc(-c2ncc(Cl)cn2)c1F)C(=O)N1CC[C@@H]1C. The Hall–Kier alpha value is -2.35. The lowest BCUT2D eigenvalue weighted by Crippen LogP contribution is -2.54. The Morgan fingerprint density at radius 2 is 2.08 bits per heavy atom. The van der Waals surface area contributed by atoms with Crippen LogP contribution >= 0.6 is 11.6 Å². The highest BCUT2D eigenvalue weighted by Crippen LogP contribution is 2.23. The van der Waals surface area contributed by atoms with Gasteiger partial charge in [-0.15, -0.1) is 0 Å². The van der Waals surface area contributed by atoms with Gasteiger partial charge in [-0.25, -0.2) is 24.3 Å². The molecule has 1 fully saturated rings. The first kappa shape index (κ1) is 16.5. The van der Waals surface area contributed by atoms with Crippen LogP contribution in [0.1, 0.15) is 20.3 Å². The van der Waals surface area contributed by atoms with Gasteiger partial charge in [0.05, 0.1) is 5.02 Å². The summed E-state index contributed by atoms with van der Waals surface area (Å²) in [5, 5.41) is 3.14. The van der Waals surface area contributed by atoms with Crippen LogP contribution in [0, 0.1) is 5.82 Å². The summed E-state index contributed by atoms with van der Waals surface area (Å²) in [4.78, 5) is 29.7. The molecule has 1 aliphatic heterocycles. The topological polar surface area (TPSA) is 83.9 Å². The van der Waals surface area contributed by atoms with E-state index in [1.807, 2.05) is 6.92 Å². The minimum atomic E-state index is -0.712. The Morgan fingerprint density at radius 3 is 2.67 bits per heavy atom.